The van der Waals surface area contributed by atoms with Crippen LogP contribution < -0.4 is 0 Å². The van der Waals surface area contributed by atoms with Crippen molar-refractivity contribution in [3.05, 3.63) is 0 Å². The van der Waals surface area contributed by atoms with Crippen LogP contribution in [-0.2, 0) is 28.4 Å². The van der Waals surface area contributed by atoms with Crippen molar-refractivity contribution in [1.82, 2.24) is 0 Å². The maximum Gasteiger partial charge on any atom is 0.446 e. The van der Waals surface area contributed by atoms with E-state index in [9.17, 15) is 32.3 Å². The fourth-order valence-electron chi connectivity index (χ4n) is 5.75. The van der Waals surface area contributed by atoms with Gasteiger partial charge < -0.3 is 14.6 Å². The molecule has 4 fully saturated rings. The second-order valence-electron chi connectivity index (χ2n) is 8.67. The SMILES string of the molecule is O=C(COC(=O)C(F)(SOOO)C(F)(F)F)OCC12CC3CC(CC(CO)(C3)C1)C2. The van der Waals surface area contributed by atoms with Crippen LogP contribution in [0, 0.1) is 22.7 Å². The number of hydrogen-bond acceptors (Lipinski definition) is 9. The molecule has 0 saturated heterocycles. The molecule has 0 aromatic heterocycles. The Hall–Kier alpha value is -1.15. The van der Waals surface area contributed by atoms with Crippen molar-refractivity contribution >= 4 is 24.0 Å². The highest BCUT2D eigenvalue weighted by Crippen LogP contribution is 2.65. The molecule has 4 rings (SSSR count). The van der Waals surface area contributed by atoms with Crippen LogP contribution in [0.1, 0.15) is 38.5 Å². The molecule has 0 radical (unpaired) electrons. The Morgan fingerprint density at radius 1 is 1.03 bits per heavy atom. The van der Waals surface area contributed by atoms with E-state index in [0.29, 0.717) is 18.3 Å². The monoisotopic (exact) mass is 462 g/mol. The van der Waals surface area contributed by atoms with Gasteiger partial charge in [-0.15, -0.1) is 4.33 Å². The van der Waals surface area contributed by atoms with Crippen LogP contribution in [0.5, 0.6) is 0 Å². The molecule has 4 aliphatic carbocycles. The molecule has 0 aliphatic heterocycles. The summed E-state index contributed by atoms with van der Waals surface area (Å²) in [6, 6.07) is 0. The van der Waals surface area contributed by atoms with Crippen molar-refractivity contribution in [3.63, 3.8) is 0 Å². The molecule has 0 aromatic carbocycles. The first-order valence-electron chi connectivity index (χ1n) is 9.32. The van der Waals surface area contributed by atoms with Gasteiger partial charge in [0.2, 0.25) is 0 Å². The van der Waals surface area contributed by atoms with Gasteiger partial charge >= 0.3 is 23.1 Å². The summed E-state index contributed by atoms with van der Waals surface area (Å²) in [5.74, 6) is -2.71. The summed E-state index contributed by atoms with van der Waals surface area (Å²) in [4.78, 5) is 23.5. The van der Waals surface area contributed by atoms with Crippen LogP contribution in [0.25, 0.3) is 0 Å². The first-order chi connectivity index (χ1) is 14.0. The first-order valence-corrected chi connectivity index (χ1v) is 10.1. The smallest absolute Gasteiger partial charge is 0.446 e. The van der Waals surface area contributed by atoms with E-state index in [1.54, 1.807) is 0 Å². The van der Waals surface area contributed by atoms with E-state index in [1.807, 2.05) is 0 Å². The number of carbonyl (C=O) groups excluding carboxylic acids is 2. The second-order valence-corrected chi connectivity index (χ2v) is 9.54. The molecule has 30 heavy (non-hydrogen) atoms. The molecule has 3 atom stereocenters. The number of alkyl halides is 4. The standard InChI is InChI=1S/C17H22F4O8S/c18-16(17(19,20)21,30-29-28-25)13(24)26-6-12(23)27-9-15-4-10-1-11(5-15)3-14(2-10,7-15)8-22/h10-11,22,25H,1-9H2. The van der Waals surface area contributed by atoms with E-state index in [-0.39, 0.29) is 24.0 Å². The number of carbonyl (C=O) groups is 2. The average molecular weight is 462 g/mol. The minimum Gasteiger partial charge on any atom is -0.463 e. The molecule has 0 amide bonds. The lowest BCUT2D eigenvalue weighted by molar-refractivity contribution is -0.433. The summed E-state index contributed by atoms with van der Waals surface area (Å²) in [5, 5.41) is 15.9. The molecule has 13 heteroatoms. The van der Waals surface area contributed by atoms with Crippen LogP contribution in [-0.4, -0.2) is 53.3 Å². The Morgan fingerprint density at radius 3 is 2.17 bits per heavy atom. The molecular weight excluding hydrogens is 440 g/mol. The van der Waals surface area contributed by atoms with Crippen LogP contribution in [0.3, 0.4) is 0 Å². The second kappa shape index (κ2) is 8.41. The highest BCUT2D eigenvalue weighted by Gasteiger charge is 2.66. The van der Waals surface area contributed by atoms with Gasteiger partial charge in [0, 0.05) is 12.0 Å². The van der Waals surface area contributed by atoms with E-state index in [0.717, 1.165) is 32.1 Å². The van der Waals surface area contributed by atoms with Gasteiger partial charge in [-0.1, -0.05) is 5.04 Å². The number of rotatable bonds is 9. The minimum absolute atomic E-state index is 0.00557. The number of esters is 2. The van der Waals surface area contributed by atoms with Gasteiger partial charge in [-0.2, -0.15) is 13.2 Å². The highest BCUT2D eigenvalue weighted by molar-refractivity contribution is 7.96. The Bertz CT molecular complexity index is 661. The predicted molar refractivity (Wildman–Crippen MR) is 90.8 cm³/mol. The molecular formula is C17H22F4O8S. The van der Waals surface area contributed by atoms with E-state index in [4.69, 9.17) is 9.99 Å². The summed E-state index contributed by atoms with van der Waals surface area (Å²) in [6.07, 6.45) is -0.490. The number of aliphatic hydroxyl groups is 1. The number of ether oxygens (including phenoxy) is 2. The van der Waals surface area contributed by atoms with E-state index < -0.39 is 41.8 Å². The summed E-state index contributed by atoms with van der Waals surface area (Å²) in [5.41, 5.74) is -0.500. The topological polar surface area (TPSA) is 112 Å². The van der Waals surface area contributed by atoms with Crippen molar-refractivity contribution in [2.45, 2.75) is 49.7 Å². The predicted octanol–water partition coefficient (Wildman–Crippen LogP) is 2.95. The zero-order chi connectivity index (χ0) is 22.2. The van der Waals surface area contributed by atoms with Gasteiger partial charge in [-0.3, -0.25) is 0 Å². The van der Waals surface area contributed by atoms with Gasteiger partial charge in [0.25, 0.3) is 0 Å². The Balaban J connectivity index is 1.53. The van der Waals surface area contributed by atoms with Crippen LogP contribution in [0.2, 0.25) is 0 Å². The fraction of sp³-hybridized carbons (Fsp3) is 0.882. The third-order valence-electron chi connectivity index (χ3n) is 6.31. The van der Waals surface area contributed by atoms with E-state index >= 15 is 0 Å². The summed E-state index contributed by atoms with van der Waals surface area (Å²) < 4.78 is 65.0. The highest BCUT2D eigenvalue weighted by atomic mass is 32.2. The number of aliphatic hydroxyl groups excluding tert-OH is 1. The van der Waals surface area contributed by atoms with Crippen molar-refractivity contribution in [2.24, 2.45) is 22.7 Å². The molecule has 8 nitrogen and oxygen atoms in total. The lowest BCUT2D eigenvalue weighted by Gasteiger charge is -2.61. The van der Waals surface area contributed by atoms with Gasteiger partial charge in [-0.05, 0) is 55.8 Å². The zero-order valence-corrected chi connectivity index (χ0v) is 16.6. The Labute approximate surface area is 173 Å². The first kappa shape index (κ1) is 23.5. The van der Waals surface area contributed by atoms with Crippen LogP contribution >= 0.6 is 12.0 Å². The lowest BCUT2D eigenvalue weighted by Crippen LogP contribution is -2.55. The third kappa shape index (κ3) is 4.54. The number of hydrogen-bond donors (Lipinski definition) is 2. The largest absolute Gasteiger partial charge is 0.463 e. The quantitative estimate of drug-likeness (QED) is 0.176. The van der Waals surface area contributed by atoms with Crippen molar-refractivity contribution in [1.29, 1.82) is 0 Å². The van der Waals surface area contributed by atoms with Crippen LogP contribution in [0.4, 0.5) is 17.6 Å². The third-order valence-corrected chi connectivity index (χ3v) is 7.06. The van der Waals surface area contributed by atoms with Gasteiger partial charge in [0.15, 0.2) is 6.61 Å². The summed E-state index contributed by atoms with van der Waals surface area (Å²) >= 11 is -1.17. The van der Waals surface area contributed by atoms with Crippen LogP contribution in [0.15, 0.2) is 0 Å². The number of halogens is 4. The Morgan fingerprint density at radius 2 is 1.63 bits per heavy atom. The molecule has 0 aromatic rings. The van der Waals surface area contributed by atoms with Crippen molar-refractivity contribution in [2.75, 3.05) is 19.8 Å². The minimum atomic E-state index is -5.77. The molecule has 0 spiro atoms. The van der Waals surface area contributed by atoms with Gasteiger partial charge in [-0.25, -0.2) is 19.2 Å². The molecule has 4 saturated carbocycles. The zero-order valence-electron chi connectivity index (χ0n) is 15.8. The summed E-state index contributed by atoms with van der Waals surface area (Å²) in [7, 11) is 0. The molecule has 0 heterocycles. The van der Waals surface area contributed by atoms with E-state index in [1.165, 1.54) is 0 Å². The molecule has 4 aliphatic rings. The molecule has 172 valence electrons. The fourth-order valence-corrected chi connectivity index (χ4v) is 6.10. The Kier molecular flexibility index (Phi) is 6.59. The maximum atomic E-state index is 14.0. The van der Waals surface area contributed by atoms with Gasteiger partial charge in [0.1, 0.15) is 0 Å². The average Bonchev–Trinajstić information content (AvgIpc) is 2.66. The van der Waals surface area contributed by atoms with Gasteiger partial charge in [0.05, 0.1) is 18.6 Å². The molecule has 3 unspecified atom stereocenters. The van der Waals surface area contributed by atoms with Crippen molar-refractivity contribution in [3.8, 4) is 0 Å². The normalized spacial score (nSPS) is 34.5. The molecule has 4 bridgehead atoms. The molecule has 2 N–H and O–H groups in total. The maximum absolute atomic E-state index is 14.0. The lowest BCUT2D eigenvalue weighted by atomic mass is 9.44. The van der Waals surface area contributed by atoms with Crippen molar-refractivity contribution < 1.29 is 56.4 Å². The summed E-state index contributed by atoms with van der Waals surface area (Å²) in [6.45, 7) is -1.18. The van der Waals surface area contributed by atoms with E-state index in [2.05, 4.69) is 14.1 Å².